The third-order valence-corrected chi connectivity index (χ3v) is 2.20. The third kappa shape index (κ3) is 7.29. The van der Waals surface area contributed by atoms with E-state index in [4.69, 9.17) is 15.3 Å². The van der Waals surface area contributed by atoms with Gasteiger partial charge in [0.15, 0.2) is 0 Å². The van der Waals surface area contributed by atoms with E-state index >= 15 is 0 Å². The van der Waals surface area contributed by atoms with Crippen LogP contribution in [0.3, 0.4) is 0 Å². The van der Waals surface area contributed by atoms with Crippen LogP contribution in [0.25, 0.3) is 0 Å². The quantitative estimate of drug-likeness (QED) is 0.440. The molecule has 17 heavy (non-hydrogen) atoms. The highest BCUT2D eigenvalue weighted by molar-refractivity contribution is 5.82. The molecule has 0 spiro atoms. The summed E-state index contributed by atoms with van der Waals surface area (Å²) >= 11 is 0. The van der Waals surface area contributed by atoms with Crippen LogP contribution in [-0.2, 0) is 14.4 Å². The SMILES string of the molecule is CCC(O)NC(=O)CC(CCC(=O)O)C(=O)O. The van der Waals surface area contributed by atoms with Crippen molar-refractivity contribution in [2.45, 2.75) is 38.8 Å². The first-order chi connectivity index (χ1) is 7.86. The van der Waals surface area contributed by atoms with E-state index in [0.717, 1.165) is 0 Å². The summed E-state index contributed by atoms with van der Waals surface area (Å²) in [7, 11) is 0. The van der Waals surface area contributed by atoms with E-state index in [-0.39, 0.29) is 19.3 Å². The van der Waals surface area contributed by atoms with Crippen molar-refractivity contribution in [1.82, 2.24) is 5.32 Å². The molecule has 0 aromatic heterocycles. The van der Waals surface area contributed by atoms with Gasteiger partial charge in [0.05, 0.1) is 5.92 Å². The van der Waals surface area contributed by atoms with Gasteiger partial charge < -0.3 is 20.6 Å². The van der Waals surface area contributed by atoms with Gasteiger partial charge in [0, 0.05) is 12.8 Å². The van der Waals surface area contributed by atoms with Crippen molar-refractivity contribution in [3.8, 4) is 0 Å². The zero-order valence-electron chi connectivity index (χ0n) is 9.55. The standard InChI is InChI=1S/C10H17NO6/c1-2-7(12)11-8(13)5-6(10(16)17)3-4-9(14)15/h6-7,12H,2-5H2,1H3,(H,11,13)(H,14,15)(H,16,17). The van der Waals surface area contributed by atoms with Gasteiger partial charge in [-0.25, -0.2) is 0 Å². The second-order valence-corrected chi connectivity index (χ2v) is 3.66. The molecule has 0 radical (unpaired) electrons. The molecule has 0 saturated carbocycles. The summed E-state index contributed by atoms with van der Waals surface area (Å²) in [6.45, 7) is 1.66. The lowest BCUT2D eigenvalue weighted by molar-refractivity contribution is -0.145. The van der Waals surface area contributed by atoms with Crippen molar-refractivity contribution in [1.29, 1.82) is 0 Å². The lowest BCUT2D eigenvalue weighted by Crippen LogP contribution is -2.36. The molecule has 0 aromatic rings. The molecule has 4 N–H and O–H groups in total. The smallest absolute Gasteiger partial charge is 0.307 e. The van der Waals surface area contributed by atoms with Gasteiger partial charge in [-0.1, -0.05) is 6.92 Å². The Morgan fingerprint density at radius 2 is 1.82 bits per heavy atom. The minimum atomic E-state index is -1.22. The molecule has 0 heterocycles. The van der Waals surface area contributed by atoms with Gasteiger partial charge in [0.2, 0.25) is 5.91 Å². The van der Waals surface area contributed by atoms with Gasteiger partial charge in [-0.2, -0.15) is 0 Å². The Bertz CT molecular complexity index is 291. The Balaban J connectivity index is 4.20. The fourth-order valence-corrected chi connectivity index (χ4v) is 1.18. The number of nitrogens with one attached hydrogen (secondary N) is 1. The molecule has 0 aromatic carbocycles. The summed E-state index contributed by atoms with van der Waals surface area (Å²) in [6.07, 6.45) is -1.43. The molecule has 0 rings (SSSR count). The van der Waals surface area contributed by atoms with Crippen LogP contribution in [0.5, 0.6) is 0 Å². The average Bonchev–Trinajstić information content (AvgIpc) is 2.23. The number of aliphatic hydroxyl groups is 1. The third-order valence-electron chi connectivity index (χ3n) is 2.20. The monoisotopic (exact) mass is 247 g/mol. The maximum absolute atomic E-state index is 11.3. The molecule has 0 saturated heterocycles. The summed E-state index contributed by atoms with van der Waals surface area (Å²) in [5.41, 5.74) is 0. The molecule has 0 aliphatic carbocycles. The Kier molecular flexibility index (Phi) is 6.88. The molecular weight excluding hydrogens is 230 g/mol. The molecule has 0 fully saturated rings. The maximum Gasteiger partial charge on any atom is 0.307 e. The number of rotatable bonds is 8. The van der Waals surface area contributed by atoms with Crippen LogP contribution in [-0.4, -0.2) is 39.4 Å². The first-order valence-electron chi connectivity index (χ1n) is 5.28. The van der Waals surface area contributed by atoms with Crippen molar-refractivity contribution in [3.05, 3.63) is 0 Å². The van der Waals surface area contributed by atoms with Crippen LogP contribution in [0.1, 0.15) is 32.6 Å². The lowest BCUT2D eigenvalue weighted by atomic mass is 9.99. The maximum atomic E-state index is 11.3. The number of carboxylic acids is 2. The number of hydrogen-bond acceptors (Lipinski definition) is 4. The summed E-state index contributed by atoms with van der Waals surface area (Å²) in [5, 5.41) is 28.6. The van der Waals surface area contributed by atoms with Gasteiger partial charge in [0.25, 0.3) is 0 Å². The molecule has 7 heteroatoms. The van der Waals surface area contributed by atoms with E-state index in [9.17, 15) is 14.4 Å². The summed E-state index contributed by atoms with van der Waals surface area (Å²) < 4.78 is 0. The first-order valence-corrected chi connectivity index (χ1v) is 5.28. The van der Waals surface area contributed by atoms with Gasteiger partial charge in [-0.05, 0) is 12.8 Å². The number of aliphatic carboxylic acids is 2. The van der Waals surface area contributed by atoms with Crippen molar-refractivity contribution in [2.24, 2.45) is 5.92 Å². The molecule has 1 amide bonds. The minimum Gasteiger partial charge on any atom is -0.481 e. The Morgan fingerprint density at radius 3 is 2.24 bits per heavy atom. The van der Waals surface area contributed by atoms with Crippen LogP contribution < -0.4 is 5.32 Å². The van der Waals surface area contributed by atoms with E-state index in [2.05, 4.69) is 5.32 Å². The highest BCUT2D eigenvalue weighted by atomic mass is 16.4. The fraction of sp³-hybridized carbons (Fsp3) is 0.700. The summed E-state index contributed by atoms with van der Waals surface area (Å²) in [5.74, 6) is -3.97. The number of hydrogen-bond donors (Lipinski definition) is 4. The Morgan fingerprint density at radius 1 is 1.24 bits per heavy atom. The molecule has 0 bridgehead atoms. The number of amides is 1. The van der Waals surface area contributed by atoms with Crippen molar-refractivity contribution >= 4 is 17.8 Å². The Hall–Kier alpha value is -1.63. The van der Waals surface area contributed by atoms with Crippen LogP contribution in [0.4, 0.5) is 0 Å². The van der Waals surface area contributed by atoms with Crippen LogP contribution in [0.2, 0.25) is 0 Å². The largest absolute Gasteiger partial charge is 0.481 e. The number of carbonyl (C=O) groups is 3. The van der Waals surface area contributed by atoms with Crippen LogP contribution in [0, 0.1) is 5.92 Å². The summed E-state index contributed by atoms with van der Waals surface area (Å²) in [6, 6.07) is 0. The van der Waals surface area contributed by atoms with Crippen molar-refractivity contribution < 1.29 is 29.7 Å². The number of aliphatic hydroxyl groups excluding tert-OH is 1. The Labute approximate surface area is 98.4 Å². The van der Waals surface area contributed by atoms with Crippen molar-refractivity contribution in [2.75, 3.05) is 0 Å². The molecule has 0 aliphatic heterocycles. The number of carboxylic acid groups (broad SMARTS) is 2. The van der Waals surface area contributed by atoms with E-state index in [1.165, 1.54) is 0 Å². The van der Waals surface area contributed by atoms with E-state index in [0.29, 0.717) is 6.42 Å². The average molecular weight is 247 g/mol. The lowest BCUT2D eigenvalue weighted by Gasteiger charge is -2.14. The highest BCUT2D eigenvalue weighted by Crippen LogP contribution is 2.12. The van der Waals surface area contributed by atoms with Gasteiger partial charge >= 0.3 is 11.9 Å². The minimum absolute atomic E-state index is 0.111. The molecule has 98 valence electrons. The molecule has 2 unspecified atom stereocenters. The normalized spacial score (nSPS) is 13.8. The number of carbonyl (C=O) groups excluding carboxylic acids is 1. The van der Waals surface area contributed by atoms with Gasteiger partial charge in [-0.15, -0.1) is 0 Å². The van der Waals surface area contributed by atoms with Crippen LogP contribution >= 0.6 is 0 Å². The zero-order valence-corrected chi connectivity index (χ0v) is 9.55. The van der Waals surface area contributed by atoms with Crippen molar-refractivity contribution in [3.63, 3.8) is 0 Å². The molecule has 2 atom stereocenters. The predicted molar refractivity (Wildman–Crippen MR) is 57.1 cm³/mol. The van der Waals surface area contributed by atoms with E-state index in [1.807, 2.05) is 0 Å². The van der Waals surface area contributed by atoms with E-state index in [1.54, 1.807) is 6.92 Å². The van der Waals surface area contributed by atoms with Crippen LogP contribution in [0.15, 0.2) is 0 Å². The topological polar surface area (TPSA) is 124 Å². The molecule has 0 aliphatic rings. The predicted octanol–water partition coefficient (Wildman–Crippen LogP) is -0.213. The second-order valence-electron chi connectivity index (χ2n) is 3.66. The molecule has 7 nitrogen and oxygen atoms in total. The first kappa shape index (κ1) is 15.4. The highest BCUT2D eigenvalue weighted by Gasteiger charge is 2.22. The zero-order chi connectivity index (χ0) is 13.4. The van der Waals surface area contributed by atoms with Gasteiger partial charge in [-0.3, -0.25) is 14.4 Å². The second kappa shape index (κ2) is 7.61. The summed E-state index contributed by atoms with van der Waals surface area (Å²) in [4.78, 5) is 32.4. The fourth-order valence-electron chi connectivity index (χ4n) is 1.18. The molecular formula is C10H17NO6. The van der Waals surface area contributed by atoms with Gasteiger partial charge in [0.1, 0.15) is 6.23 Å². The van der Waals surface area contributed by atoms with E-state index < -0.39 is 30.0 Å².